The molecule has 7 heteroatoms. The third-order valence-corrected chi connectivity index (χ3v) is 2.86. The molecule has 0 saturated heterocycles. The molecule has 17 heavy (non-hydrogen) atoms. The molecule has 0 aliphatic heterocycles. The molecule has 7 N–H and O–H groups in total. The van der Waals surface area contributed by atoms with Gasteiger partial charge in [-0.2, -0.15) is 5.10 Å². The van der Waals surface area contributed by atoms with E-state index >= 15 is 0 Å². The normalized spacial score (nSPS) is 13.2. The second-order valence-electron chi connectivity index (χ2n) is 3.43. The number of halogens is 1. The van der Waals surface area contributed by atoms with Crippen molar-refractivity contribution in [3.63, 3.8) is 0 Å². The van der Waals surface area contributed by atoms with Crippen LogP contribution in [0.1, 0.15) is 17.9 Å². The van der Waals surface area contributed by atoms with Crippen molar-refractivity contribution in [2.45, 2.75) is 12.3 Å². The number of hydrogen-bond acceptors (Lipinski definition) is 4. The summed E-state index contributed by atoms with van der Waals surface area (Å²) in [6.45, 7) is 0. The highest BCUT2D eigenvalue weighted by Gasteiger charge is 2.19. The standard InChI is InChI=1S/C10H14BrN5O/c11-7-3-1-6(2-4-7)8(10(12)16-14)5-9(17)15-13/h1-4,8H,5,13-14H2,(H2,12,16)(H,15,17). The Bertz CT molecular complexity index is 417. The van der Waals surface area contributed by atoms with Crippen LogP contribution in [-0.4, -0.2) is 11.7 Å². The Labute approximate surface area is 107 Å². The first-order valence-electron chi connectivity index (χ1n) is 4.86. The third kappa shape index (κ3) is 3.72. The molecule has 0 bridgehead atoms. The number of hydrazine groups is 1. The zero-order valence-corrected chi connectivity index (χ0v) is 10.6. The number of rotatable bonds is 4. The Kier molecular flexibility index (Phi) is 4.92. The number of carbonyl (C=O) groups is 1. The van der Waals surface area contributed by atoms with Gasteiger partial charge in [0.05, 0.1) is 5.92 Å². The second kappa shape index (κ2) is 6.21. The smallest absolute Gasteiger partial charge is 0.234 e. The predicted octanol–water partition coefficient (Wildman–Crippen LogP) is 0.144. The topological polar surface area (TPSA) is 120 Å². The van der Waals surface area contributed by atoms with Crippen LogP contribution >= 0.6 is 15.9 Å². The van der Waals surface area contributed by atoms with Gasteiger partial charge in [-0.25, -0.2) is 5.84 Å². The van der Waals surface area contributed by atoms with E-state index in [-0.39, 0.29) is 24.1 Å². The molecule has 1 amide bonds. The van der Waals surface area contributed by atoms with Gasteiger partial charge in [-0.3, -0.25) is 10.2 Å². The fourth-order valence-corrected chi connectivity index (χ4v) is 1.69. The lowest BCUT2D eigenvalue weighted by atomic mass is 9.94. The van der Waals surface area contributed by atoms with Gasteiger partial charge in [0.2, 0.25) is 5.91 Å². The Morgan fingerprint density at radius 2 is 2.00 bits per heavy atom. The van der Waals surface area contributed by atoms with Crippen molar-refractivity contribution in [2.75, 3.05) is 0 Å². The summed E-state index contributed by atoms with van der Waals surface area (Å²) in [5.74, 6) is 9.68. The number of carbonyl (C=O) groups excluding carboxylic acids is 1. The Morgan fingerprint density at radius 1 is 1.41 bits per heavy atom. The summed E-state index contributed by atoms with van der Waals surface area (Å²) in [5, 5.41) is 3.44. The number of nitrogens with zero attached hydrogens (tertiary/aromatic N) is 1. The largest absolute Gasteiger partial charge is 0.385 e. The van der Waals surface area contributed by atoms with E-state index in [1.165, 1.54) is 0 Å². The van der Waals surface area contributed by atoms with E-state index in [1.54, 1.807) is 0 Å². The van der Waals surface area contributed by atoms with Crippen molar-refractivity contribution in [1.82, 2.24) is 5.43 Å². The van der Waals surface area contributed by atoms with Crippen molar-refractivity contribution >= 4 is 27.7 Å². The molecule has 0 aromatic heterocycles. The average molecular weight is 300 g/mol. The Morgan fingerprint density at radius 3 is 2.47 bits per heavy atom. The molecule has 1 unspecified atom stereocenters. The van der Waals surface area contributed by atoms with Gasteiger partial charge in [0, 0.05) is 10.9 Å². The maximum atomic E-state index is 11.3. The van der Waals surface area contributed by atoms with Gasteiger partial charge in [-0.05, 0) is 17.7 Å². The fraction of sp³-hybridized carbons (Fsp3) is 0.200. The first-order valence-corrected chi connectivity index (χ1v) is 5.66. The van der Waals surface area contributed by atoms with Gasteiger partial charge < -0.3 is 11.6 Å². The molecule has 0 heterocycles. The van der Waals surface area contributed by atoms with Crippen LogP contribution in [0.4, 0.5) is 0 Å². The van der Waals surface area contributed by atoms with E-state index < -0.39 is 0 Å². The second-order valence-corrected chi connectivity index (χ2v) is 4.35. The minimum Gasteiger partial charge on any atom is -0.385 e. The van der Waals surface area contributed by atoms with Crippen LogP contribution in [0.15, 0.2) is 33.8 Å². The minimum atomic E-state index is -0.378. The van der Waals surface area contributed by atoms with Crippen molar-refractivity contribution in [3.8, 4) is 0 Å². The molecule has 92 valence electrons. The van der Waals surface area contributed by atoms with Crippen molar-refractivity contribution in [3.05, 3.63) is 34.3 Å². The number of amidine groups is 1. The van der Waals surface area contributed by atoms with Gasteiger partial charge >= 0.3 is 0 Å². The minimum absolute atomic E-state index is 0.102. The molecule has 0 radical (unpaired) electrons. The highest BCUT2D eigenvalue weighted by atomic mass is 79.9. The van der Waals surface area contributed by atoms with Gasteiger partial charge in [0.15, 0.2) is 0 Å². The SMILES string of the molecule is N/N=C(/N)C(CC(=O)NN)c1ccc(Br)cc1. The van der Waals surface area contributed by atoms with E-state index in [2.05, 4.69) is 26.5 Å². The maximum Gasteiger partial charge on any atom is 0.234 e. The molecule has 1 atom stereocenters. The zero-order valence-electron chi connectivity index (χ0n) is 9.06. The Hall–Kier alpha value is -1.60. The van der Waals surface area contributed by atoms with Crippen LogP contribution < -0.4 is 22.8 Å². The monoisotopic (exact) mass is 299 g/mol. The highest BCUT2D eigenvalue weighted by Crippen LogP contribution is 2.22. The van der Waals surface area contributed by atoms with Crippen molar-refractivity contribution in [2.24, 2.45) is 22.5 Å². The zero-order chi connectivity index (χ0) is 12.8. The van der Waals surface area contributed by atoms with Gasteiger partial charge in [0.25, 0.3) is 0 Å². The summed E-state index contributed by atoms with van der Waals surface area (Å²) in [7, 11) is 0. The molecule has 0 aliphatic rings. The summed E-state index contributed by atoms with van der Waals surface area (Å²) in [6, 6.07) is 7.39. The fourth-order valence-electron chi connectivity index (χ4n) is 1.42. The molecule has 6 nitrogen and oxygen atoms in total. The number of nitrogens with one attached hydrogen (secondary N) is 1. The lowest BCUT2D eigenvalue weighted by molar-refractivity contribution is -0.121. The number of benzene rings is 1. The summed E-state index contributed by atoms with van der Waals surface area (Å²) >= 11 is 3.33. The van der Waals surface area contributed by atoms with E-state index in [4.69, 9.17) is 17.4 Å². The molecular weight excluding hydrogens is 286 g/mol. The van der Waals surface area contributed by atoms with E-state index in [1.807, 2.05) is 24.3 Å². The molecule has 0 fully saturated rings. The number of nitrogens with two attached hydrogens (primary N) is 3. The lowest BCUT2D eigenvalue weighted by Crippen LogP contribution is -2.34. The van der Waals surface area contributed by atoms with Crippen molar-refractivity contribution in [1.29, 1.82) is 0 Å². The quantitative estimate of drug-likeness (QED) is 0.208. The van der Waals surface area contributed by atoms with Gasteiger partial charge in [0.1, 0.15) is 5.84 Å². The maximum absolute atomic E-state index is 11.3. The number of amides is 1. The number of hydrogen-bond donors (Lipinski definition) is 4. The summed E-state index contributed by atoms with van der Waals surface area (Å²) in [4.78, 5) is 11.3. The molecular formula is C10H14BrN5O. The Balaban J connectivity index is 2.98. The van der Waals surface area contributed by atoms with Crippen molar-refractivity contribution < 1.29 is 4.79 Å². The van der Waals surface area contributed by atoms with E-state index in [0.29, 0.717) is 0 Å². The van der Waals surface area contributed by atoms with Crippen LogP contribution in [0.2, 0.25) is 0 Å². The first kappa shape index (κ1) is 13.5. The predicted molar refractivity (Wildman–Crippen MR) is 69.6 cm³/mol. The molecule has 0 saturated carbocycles. The van der Waals surface area contributed by atoms with Crippen LogP contribution in [0.3, 0.4) is 0 Å². The van der Waals surface area contributed by atoms with Crippen LogP contribution in [0.25, 0.3) is 0 Å². The molecule has 1 aromatic carbocycles. The number of hydrazone groups is 1. The van der Waals surface area contributed by atoms with Crippen LogP contribution in [0, 0.1) is 0 Å². The molecule has 1 rings (SSSR count). The van der Waals surface area contributed by atoms with Crippen LogP contribution in [0.5, 0.6) is 0 Å². The molecule has 0 spiro atoms. The van der Waals surface area contributed by atoms with E-state index in [9.17, 15) is 4.79 Å². The highest BCUT2D eigenvalue weighted by molar-refractivity contribution is 9.10. The van der Waals surface area contributed by atoms with E-state index in [0.717, 1.165) is 10.0 Å². The van der Waals surface area contributed by atoms with Gasteiger partial charge in [-0.1, -0.05) is 28.1 Å². The summed E-state index contributed by atoms with van der Waals surface area (Å²) in [5.41, 5.74) is 8.59. The third-order valence-electron chi connectivity index (χ3n) is 2.33. The summed E-state index contributed by atoms with van der Waals surface area (Å²) < 4.78 is 0.937. The first-order chi connectivity index (χ1) is 8.08. The lowest BCUT2D eigenvalue weighted by Gasteiger charge is -2.15. The average Bonchev–Trinajstić information content (AvgIpc) is 2.36. The van der Waals surface area contributed by atoms with Crippen LogP contribution in [-0.2, 0) is 4.79 Å². The van der Waals surface area contributed by atoms with Gasteiger partial charge in [-0.15, -0.1) is 0 Å². The molecule has 0 aliphatic carbocycles. The molecule has 1 aromatic rings. The summed E-state index contributed by atoms with van der Waals surface area (Å²) in [6.07, 6.45) is 0.102.